The summed E-state index contributed by atoms with van der Waals surface area (Å²) in [5.41, 5.74) is 7.80. The van der Waals surface area contributed by atoms with Crippen LogP contribution in [-0.4, -0.2) is 0 Å². The van der Waals surface area contributed by atoms with E-state index in [1.807, 2.05) is 18.2 Å². The highest BCUT2D eigenvalue weighted by Gasteiger charge is 2.19. The van der Waals surface area contributed by atoms with Crippen molar-refractivity contribution >= 4 is 27.5 Å². The molecule has 19 heavy (non-hydrogen) atoms. The second-order valence-electron chi connectivity index (χ2n) is 5.06. The predicted octanol–water partition coefficient (Wildman–Crippen LogP) is 6.06. The molecule has 0 aliphatic rings. The molecule has 0 bridgehead atoms. The summed E-state index contributed by atoms with van der Waals surface area (Å²) >= 11 is 10.2. The van der Waals surface area contributed by atoms with Crippen molar-refractivity contribution in [3.63, 3.8) is 0 Å². The lowest BCUT2D eigenvalue weighted by atomic mass is 9.90. The molecule has 0 saturated carbocycles. The maximum atomic E-state index is 6.32. The van der Waals surface area contributed by atoms with Crippen molar-refractivity contribution in [2.45, 2.75) is 32.5 Å². The first-order valence-corrected chi connectivity index (χ1v) is 7.68. The molecule has 100 valence electrons. The van der Waals surface area contributed by atoms with Gasteiger partial charge in [0.1, 0.15) is 0 Å². The molecule has 1 atom stereocenters. The molecule has 0 saturated heterocycles. The molecule has 0 aliphatic heterocycles. The minimum atomic E-state index is 0.139. The normalized spacial score (nSPS) is 12.5. The Morgan fingerprint density at radius 3 is 2.00 bits per heavy atom. The van der Waals surface area contributed by atoms with Crippen LogP contribution in [0.2, 0.25) is 5.02 Å². The molecule has 0 aliphatic carbocycles. The Balaban J connectivity index is 2.63. The second-order valence-corrected chi connectivity index (χ2v) is 6.38. The predicted molar refractivity (Wildman–Crippen MR) is 87.6 cm³/mol. The number of rotatable bonds is 2. The average molecular weight is 338 g/mol. The van der Waals surface area contributed by atoms with E-state index in [2.05, 4.69) is 55.8 Å². The van der Waals surface area contributed by atoms with Crippen molar-refractivity contribution < 1.29 is 0 Å². The number of alkyl halides is 1. The smallest absolute Gasteiger partial charge is 0.0664 e. The summed E-state index contributed by atoms with van der Waals surface area (Å²) in [5.74, 6) is 0. The fraction of sp³-hybridized carbons (Fsp3) is 0.294. The Morgan fingerprint density at radius 2 is 1.47 bits per heavy atom. The fourth-order valence-corrected chi connectivity index (χ4v) is 3.93. The molecule has 0 spiro atoms. The van der Waals surface area contributed by atoms with Crippen LogP contribution in [0, 0.1) is 27.7 Å². The summed E-state index contributed by atoms with van der Waals surface area (Å²) in [6, 6.07) is 10.3. The molecule has 1 unspecified atom stereocenters. The minimum Gasteiger partial charge on any atom is -0.0840 e. The van der Waals surface area contributed by atoms with Gasteiger partial charge >= 0.3 is 0 Å². The Labute approximate surface area is 128 Å². The Morgan fingerprint density at radius 1 is 0.947 bits per heavy atom. The van der Waals surface area contributed by atoms with Crippen LogP contribution in [0.5, 0.6) is 0 Å². The monoisotopic (exact) mass is 336 g/mol. The third-order valence-electron chi connectivity index (χ3n) is 3.86. The molecule has 0 aromatic heterocycles. The van der Waals surface area contributed by atoms with Crippen LogP contribution < -0.4 is 0 Å². The molecular weight excluding hydrogens is 320 g/mol. The second kappa shape index (κ2) is 5.68. The van der Waals surface area contributed by atoms with Gasteiger partial charge < -0.3 is 0 Å². The van der Waals surface area contributed by atoms with Crippen molar-refractivity contribution in [2.75, 3.05) is 0 Å². The van der Waals surface area contributed by atoms with E-state index in [1.165, 1.54) is 27.8 Å². The van der Waals surface area contributed by atoms with E-state index in [1.54, 1.807) is 0 Å². The van der Waals surface area contributed by atoms with Gasteiger partial charge in [-0.1, -0.05) is 51.8 Å². The first kappa shape index (κ1) is 14.6. The molecule has 0 heterocycles. The van der Waals surface area contributed by atoms with Gasteiger partial charge in [0.05, 0.1) is 4.83 Å². The van der Waals surface area contributed by atoms with E-state index in [9.17, 15) is 0 Å². The van der Waals surface area contributed by atoms with Crippen molar-refractivity contribution in [1.82, 2.24) is 0 Å². The lowest BCUT2D eigenvalue weighted by molar-refractivity contribution is 1.08. The third kappa shape index (κ3) is 2.73. The zero-order valence-corrected chi connectivity index (χ0v) is 14.1. The molecule has 2 aromatic carbocycles. The standard InChI is InChI=1S/C17H18BrCl/c1-10-9-11(2)13(4)16(12(10)3)17(18)14-7-5-6-8-15(14)19/h5-9,17H,1-4H3. The molecule has 2 rings (SSSR count). The molecule has 0 nitrogen and oxygen atoms in total. The van der Waals surface area contributed by atoms with E-state index in [4.69, 9.17) is 11.6 Å². The lowest BCUT2D eigenvalue weighted by Gasteiger charge is -2.21. The highest BCUT2D eigenvalue weighted by molar-refractivity contribution is 9.09. The fourth-order valence-electron chi connectivity index (χ4n) is 2.46. The van der Waals surface area contributed by atoms with Gasteiger partial charge in [0.15, 0.2) is 0 Å². The van der Waals surface area contributed by atoms with E-state index >= 15 is 0 Å². The topological polar surface area (TPSA) is 0 Å². The molecular formula is C17H18BrCl. The van der Waals surface area contributed by atoms with Gasteiger partial charge in [-0.15, -0.1) is 0 Å². The molecule has 0 radical (unpaired) electrons. The third-order valence-corrected chi connectivity index (χ3v) is 5.15. The summed E-state index contributed by atoms with van der Waals surface area (Å²) in [7, 11) is 0. The lowest BCUT2D eigenvalue weighted by Crippen LogP contribution is -2.03. The van der Waals surface area contributed by atoms with Crippen LogP contribution in [0.25, 0.3) is 0 Å². The number of hydrogen-bond acceptors (Lipinski definition) is 0. The van der Waals surface area contributed by atoms with Gasteiger partial charge in [-0.05, 0) is 67.1 Å². The van der Waals surface area contributed by atoms with Crippen LogP contribution in [0.15, 0.2) is 30.3 Å². The average Bonchev–Trinajstić information content (AvgIpc) is 2.37. The van der Waals surface area contributed by atoms with E-state index in [0.717, 1.165) is 10.6 Å². The highest BCUT2D eigenvalue weighted by Crippen LogP contribution is 2.39. The molecule has 2 heteroatoms. The molecule has 2 aromatic rings. The summed E-state index contributed by atoms with van der Waals surface area (Å²) in [5, 5.41) is 0.808. The summed E-state index contributed by atoms with van der Waals surface area (Å²) in [6.07, 6.45) is 0. The Bertz CT molecular complexity index is 591. The van der Waals surface area contributed by atoms with E-state index < -0.39 is 0 Å². The highest BCUT2D eigenvalue weighted by atomic mass is 79.9. The van der Waals surface area contributed by atoms with E-state index in [0.29, 0.717) is 0 Å². The van der Waals surface area contributed by atoms with Crippen molar-refractivity contribution in [3.8, 4) is 0 Å². The van der Waals surface area contributed by atoms with E-state index in [-0.39, 0.29) is 4.83 Å². The minimum absolute atomic E-state index is 0.139. The van der Waals surface area contributed by atoms with Crippen LogP contribution in [0.4, 0.5) is 0 Å². The zero-order valence-electron chi connectivity index (χ0n) is 11.7. The van der Waals surface area contributed by atoms with Crippen LogP contribution >= 0.6 is 27.5 Å². The number of benzene rings is 2. The molecule has 0 fully saturated rings. The summed E-state index contributed by atoms with van der Waals surface area (Å²) in [6.45, 7) is 8.69. The maximum absolute atomic E-state index is 6.32. The van der Waals surface area contributed by atoms with Crippen LogP contribution in [0.1, 0.15) is 38.2 Å². The van der Waals surface area contributed by atoms with Gasteiger partial charge in [-0.2, -0.15) is 0 Å². The largest absolute Gasteiger partial charge is 0.0840 e. The Kier molecular flexibility index (Phi) is 4.37. The van der Waals surface area contributed by atoms with Gasteiger partial charge in [0.2, 0.25) is 0 Å². The summed E-state index contributed by atoms with van der Waals surface area (Å²) in [4.78, 5) is 0.139. The quantitative estimate of drug-likeness (QED) is 0.584. The van der Waals surface area contributed by atoms with Crippen molar-refractivity contribution in [1.29, 1.82) is 0 Å². The van der Waals surface area contributed by atoms with Gasteiger partial charge in [0.25, 0.3) is 0 Å². The first-order valence-electron chi connectivity index (χ1n) is 6.39. The van der Waals surface area contributed by atoms with Crippen LogP contribution in [-0.2, 0) is 0 Å². The Hall–Kier alpha value is -0.790. The zero-order chi connectivity index (χ0) is 14.2. The SMILES string of the molecule is Cc1cc(C)c(C)c(C(Br)c2ccccc2Cl)c1C. The number of halogens is 2. The van der Waals surface area contributed by atoms with Gasteiger partial charge in [0, 0.05) is 5.02 Å². The van der Waals surface area contributed by atoms with Crippen LogP contribution in [0.3, 0.4) is 0 Å². The maximum Gasteiger partial charge on any atom is 0.0664 e. The first-order chi connectivity index (χ1) is 8.93. The molecule has 0 N–H and O–H groups in total. The van der Waals surface area contributed by atoms with Crippen molar-refractivity contribution in [3.05, 3.63) is 68.7 Å². The molecule has 0 amide bonds. The summed E-state index contributed by atoms with van der Waals surface area (Å²) < 4.78 is 0. The van der Waals surface area contributed by atoms with Gasteiger partial charge in [-0.25, -0.2) is 0 Å². The van der Waals surface area contributed by atoms with Gasteiger partial charge in [-0.3, -0.25) is 0 Å². The van der Waals surface area contributed by atoms with Crippen molar-refractivity contribution in [2.24, 2.45) is 0 Å². The number of aryl methyl sites for hydroxylation is 2. The number of hydrogen-bond donors (Lipinski definition) is 0.